The lowest BCUT2D eigenvalue weighted by atomic mass is 10.2. The molecule has 4 nitrogen and oxygen atoms in total. The average molecular weight is 255 g/mol. The van der Waals surface area contributed by atoms with E-state index >= 15 is 0 Å². The molecule has 0 unspecified atom stereocenters. The molecule has 1 aromatic carbocycles. The molecule has 0 spiro atoms. The van der Waals surface area contributed by atoms with Crippen molar-refractivity contribution in [1.82, 2.24) is 9.55 Å². The Morgan fingerprint density at radius 3 is 3.05 bits per heavy atom. The van der Waals surface area contributed by atoms with E-state index in [1.165, 1.54) is 0 Å². The predicted molar refractivity (Wildman–Crippen MR) is 74.8 cm³/mol. The minimum absolute atomic E-state index is 0.366. The Bertz CT molecular complexity index is 593. The molecule has 0 aliphatic carbocycles. The number of hydrogen-bond acceptors (Lipinski definition) is 3. The molecule has 0 aliphatic heterocycles. The van der Waals surface area contributed by atoms with Crippen LogP contribution in [-0.2, 0) is 6.54 Å². The first-order valence-corrected chi connectivity index (χ1v) is 6.19. The number of aryl methyl sites for hydroxylation is 1. The van der Waals surface area contributed by atoms with E-state index in [0.29, 0.717) is 13.2 Å². The Balaban J connectivity index is 1.91. The van der Waals surface area contributed by atoms with E-state index in [1.807, 2.05) is 37.4 Å². The van der Waals surface area contributed by atoms with Crippen molar-refractivity contribution in [1.29, 1.82) is 0 Å². The van der Waals surface area contributed by atoms with E-state index in [0.717, 1.165) is 23.7 Å². The van der Waals surface area contributed by atoms with Crippen LogP contribution in [0.5, 0.6) is 5.75 Å². The van der Waals surface area contributed by atoms with Gasteiger partial charge in [-0.3, -0.25) is 0 Å². The standard InChI is InChI=1S/C15H17N3O/c1-13-17-8-9-18(13)10-11-19-15-6-2-4-14(12-15)5-3-7-16/h2,4,6,8-9,12H,7,10-11,16H2,1H3. The molecule has 4 heteroatoms. The summed E-state index contributed by atoms with van der Waals surface area (Å²) in [4.78, 5) is 4.17. The first-order valence-electron chi connectivity index (χ1n) is 6.19. The van der Waals surface area contributed by atoms with Crippen LogP contribution in [0.3, 0.4) is 0 Å². The Hall–Kier alpha value is -2.25. The molecule has 0 amide bonds. The van der Waals surface area contributed by atoms with Gasteiger partial charge in [-0.2, -0.15) is 0 Å². The van der Waals surface area contributed by atoms with Crippen LogP contribution < -0.4 is 10.5 Å². The summed E-state index contributed by atoms with van der Waals surface area (Å²) in [5.74, 6) is 7.63. The maximum absolute atomic E-state index is 5.71. The smallest absolute Gasteiger partial charge is 0.120 e. The zero-order valence-electron chi connectivity index (χ0n) is 11.0. The van der Waals surface area contributed by atoms with Crippen LogP contribution in [0.4, 0.5) is 0 Å². The van der Waals surface area contributed by atoms with Crippen LogP contribution in [-0.4, -0.2) is 22.7 Å². The van der Waals surface area contributed by atoms with E-state index in [9.17, 15) is 0 Å². The van der Waals surface area contributed by atoms with E-state index in [-0.39, 0.29) is 0 Å². The molecule has 1 aromatic heterocycles. The zero-order valence-corrected chi connectivity index (χ0v) is 11.0. The number of rotatable bonds is 4. The fourth-order valence-corrected chi connectivity index (χ4v) is 1.72. The van der Waals surface area contributed by atoms with Gasteiger partial charge in [0.2, 0.25) is 0 Å². The normalized spacial score (nSPS) is 9.79. The molecule has 0 saturated carbocycles. The van der Waals surface area contributed by atoms with Crippen molar-refractivity contribution in [2.45, 2.75) is 13.5 Å². The summed E-state index contributed by atoms with van der Waals surface area (Å²) in [6.07, 6.45) is 3.74. The summed E-state index contributed by atoms with van der Waals surface area (Å²) in [7, 11) is 0. The zero-order chi connectivity index (χ0) is 13.5. The van der Waals surface area contributed by atoms with Crippen LogP contribution in [0.1, 0.15) is 11.4 Å². The number of nitrogens with two attached hydrogens (primary N) is 1. The van der Waals surface area contributed by atoms with Crippen molar-refractivity contribution in [3.63, 3.8) is 0 Å². The van der Waals surface area contributed by atoms with Crippen molar-refractivity contribution < 1.29 is 4.74 Å². The van der Waals surface area contributed by atoms with Crippen LogP contribution in [0.2, 0.25) is 0 Å². The van der Waals surface area contributed by atoms with Gasteiger partial charge in [0.15, 0.2) is 0 Å². The van der Waals surface area contributed by atoms with E-state index in [1.54, 1.807) is 6.20 Å². The van der Waals surface area contributed by atoms with Crippen LogP contribution in [0, 0.1) is 18.8 Å². The molecule has 0 fully saturated rings. The summed E-state index contributed by atoms with van der Waals surface area (Å²) in [5, 5.41) is 0. The largest absolute Gasteiger partial charge is 0.492 e. The van der Waals surface area contributed by atoms with Crippen molar-refractivity contribution in [3.05, 3.63) is 48.0 Å². The number of aromatic nitrogens is 2. The van der Waals surface area contributed by atoms with Crippen molar-refractivity contribution in [2.75, 3.05) is 13.2 Å². The minimum Gasteiger partial charge on any atom is -0.492 e. The van der Waals surface area contributed by atoms with Gasteiger partial charge in [-0.15, -0.1) is 0 Å². The molecule has 2 N–H and O–H groups in total. The first-order chi connectivity index (χ1) is 9.29. The van der Waals surface area contributed by atoms with Gasteiger partial charge in [-0.25, -0.2) is 4.98 Å². The summed E-state index contributed by atoms with van der Waals surface area (Å²) in [5.41, 5.74) is 6.27. The van der Waals surface area contributed by atoms with Crippen LogP contribution >= 0.6 is 0 Å². The second kappa shape index (κ2) is 6.62. The van der Waals surface area contributed by atoms with Gasteiger partial charge in [0.05, 0.1) is 13.1 Å². The molecule has 2 aromatic rings. The monoisotopic (exact) mass is 255 g/mol. The second-order valence-electron chi connectivity index (χ2n) is 4.05. The summed E-state index contributed by atoms with van der Waals surface area (Å²) in [6.45, 7) is 3.73. The number of benzene rings is 1. The van der Waals surface area contributed by atoms with Crippen molar-refractivity contribution in [3.8, 4) is 17.6 Å². The van der Waals surface area contributed by atoms with Crippen molar-refractivity contribution >= 4 is 0 Å². The molecule has 2 rings (SSSR count). The SMILES string of the molecule is Cc1nccn1CCOc1cccc(C#CCN)c1. The molecule has 98 valence electrons. The quantitative estimate of drug-likeness (QED) is 0.844. The third kappa shape index (κ3) is 3.87. The second-order valence-corrected chi connectivity index (χ2v) is 4.05. The van der Waals surface area contributed by atoms with Gasteiger partial charge >= 0.3 is 0 Å². The molecular weight excluding hydrogens is 238 g/mol. The molecule has 0 radical (unpaired) electrons. The molecular formula is C15H17N3O. The molecule has 0 aliphatic rings. The van der Waals surface area contributed by atoms with Gasteiger partial charge in [0, 0.05) is 18.0 Å². The van der Waals surface area contributed by atoms with Crippen LogP contribution in [0.25, 0.3) is 0 Å². The molecule has 0 bridgehead atoms. The van der Waals surface area contributed by atoms with E-state index < -0.39 is 0 Å². The maximum atomic E-state index is 5.71. The van der Waals surface area contributed by atoms with Gasteiger partial charge < -0.3 is 15.0 Å². The molecule has 0 atom stereocenters. The number of hydrogen-bond donors (Lipinski definition) is 1. The molecule has 1 heterocycles. The maximum Gasteiger partial charge on any atom is 0.120 e. The third-order valence-corrected chi connectivity index (χ3v) is 2.69. The fourth-order valence-electron chi connectivity index (χ4n) is 1.72. The van der Waals surface area contributed by atoms with Gasteiger partial charge in [0.1, 0.15) is 18.2 Å². The highest BCUT2D eigenvalue weighted by molar-refractivity contribution is 5.39. The average Bonchev–Trinajstić information content (AvgIpc) is 2.83. The van der Waals surface area contributed by atoms with Gasteiger partial charge in [-0.1, -0.05) is 17.9 Å². The summed E-state index contributed by atoms with van der Waals surface area (Å²) in [6, 6.07) is 7.71. The number of nitrogens with zero attached hydrogens (tertiary/aromatic N) is 2. The third-order valence-electron chi connectivity index (χ3n) is 2.69. The highest BCUT2D eigenvalue weighted by Crippen LogP contribution is 2.12. The van der Waals surface area contributed by atoms with E-state index in [2.05, 4.69) is 21.4 Å². The number of imidazole rings is 1. The Morgan fingerprint density at radius 1 is 1.42 bits per heavy atom. The lowest BCUT2D eigenvalue weighted by Gasteiger charge is -2.08. The Kier molecular flexibility index (Phi) is 4.60. The minimum atomic E-state index is 0.366. The molecule has 0 saturated heterocycles. The number of ether oxygens (including phenoxy) is 1. The lowest BCUT2D eigenvalue weighted by molar-refractivity contribution is 0.297. The lowest BCUT2D eigenvalue weighted by Crippen LogP contribution is -2.08. The Morgan fingerprint density at radius 2 is 2.32 bits per heavy atom. The van der Waals surface area contributed by atoms with Crippen molar-refractivity contribution in [2.24, 2.45) is 5.73 Å². The van der Waals surface area contributed by atoms with Gasteiger partial charge in [0.25, 0.3) is 0 Å². The predicted octanol–water partition coefficient (Wildman–Crippen LogP) is 1.58. The first kappa shape index (κ1) is 13.2. The van der Waals surface area contributed by atoms with E-state index in [4.69, 9.17) is 10.5 Å². The highest BCUT2D eigenvalue weighted by Gasteiger charge is 1.98. The van der Waals surface area contributed by atoms with Gasteiger partial charge in [-0.05, 0) is 25.1 Å². The highest BCUT2D eigenvalue weighted by atomic mass is 16.5. The summed E-state index contributed by atoms with van der Waals surface area (Å²) >= 11 is 0. The fraction of sp³-hybridized carbons (Fsp3) is 0.267. The topological polar surface area (TPSA) is 53.1 Å². The summed E-state index contributed by atoms with van der Waals surface area (Å²) < 4.78 is 7.76. The Labute approximate surface area is 113 Å². The van der Waals surface area contributed by atoms with Crippen LogP contribution in [0.15, 0.2) is 36.7 Å². The molecule has 19 heavy (non-hydrogen) atoms.